The van der Waals surface area contributed by atoms with E-state index < -0.39 is 0 Å². The van der Waals surface area contributed by atoms with Gasteiger partial charge in [0.05, 0.1) is 16.7 Å². The first kappa shape index (κ1) is 72.5. The van der Waals surface area contributed by atoms with E-state index >= 15 is 0 Å². The average Bonchev–Trinajstić information content (AvgIpc) is 3.64. The zero-order chi connectivity index (χ0) is 57.7. The number of fused-ring (bicyclic) bond motifs is 3. The van der Waals surface area contributed by atoms with Crippen LogP contribution >= 0.6 is 0 Å². The predicted octanol–water partition coefficient (Wildman–Crippen LogP) is 21.9. The van der Waals surface area contributed by atoms with Crippen molar-refractivity contribution in [3.63, 3.8) is 0 Å². The summed E-state index contributed by atoms with van der Waals surface area (Å²) in [6.45, 7) is 65.5. The van der Waals surface area contributed by atoms with E-state index in [2.05, 4.69) is 275 Å². The molecule has 0 saturated carbocycles. The largest absolute Gasteiger partial charge is 0.257 e. The third-order valence-corrected chi connectivity index (χ3v) is 6.73. The molecule has 5 nitrogen and oxygen atoms in total. The summed E-state index contributed by atoms with van der Waals surface area (Å²) in [5.74, 6) is 0.898. The van der Waals surface area contributed by atoms with Gasteiger partial charge in [0.15, 0.2) is 0 Å². The Morgan fingerprint density at radius 2 is 0.562 bits per heavy atom. The fourth-order valence-electron chi connectivity index (χ4n) is 4.29. The molecule has 0 bridgehead atoms. The minimum Gasteiger partial charge on any atom is -0.257 e. The fourth-order valence-corrected chi connectivity index (χ4v) is 4.29. The molecule has 0 radical (unpaired) electrons. The maximum absolute atomic E-state index is 4.64. The highest BCUT2D eigenvalue weighted by Gasteiger charge is 2.24. The van der Waals surface area contributed by atoms with Crippen molar-refractivity contribution in [2.24, 2.45) is 42.9 Å². The van der Waals surface area contributed by atoms with Crippen molar-refractivity contribution in [2.75, 3.05) is 0 Å². The smallest absolute Gasteiger partial charge is 0.133 e. The van der Waals surface area contributed by atoms with Crippen molar-refractivity contribution in [1.82, 2.24) is 19.9 Å². The van der Waals surface area contributed by atoms with Gasteiger partial charge in [0.2, 0.25) is 0 Å². The van der Waals surface area contributed by atoms with Crippen molar-refractivity contribution in [1.29, 1.82) is 0 Å². The first-order valence-corrected chi connectivity index (χ1v) is 26.6. The number of aromatic nitrogens is 4. The molecule has 7 rings (SSSR count). The summed E-state index contributed by atoms with van der Waals surface area (Å²) >= 11 is 0. The van der Waals surface area contributed by atoms with Crippen LogP contribution in [-0.2, 0) is 11.8 Å². The van der Waals surface area contributed by atoms with Gasteiger partial charge in [-0.3, -0.25) is 15.0 Å². The SMILES string of the molecule is CC(C)(C)C.CC(C)(C)C.CC(C)(C)C.CC(C)(C)C.CC(C)(C)C.CC(C)(C)C.CC(C)(C)C1=Nc2ccccc2C1.CC(C)(C)c1ncccn1.c1ccc2ncccc2c1.c1ccc2ncccc2c1. The number of benzene rings is 3. The number of rotatable bonds is 0. The van der Waals surface area contributed by atoms with Gasteiger partial charge in [0, 0.05) is 58.5 Å². The van der Waals surface area contributed by atoms with Crippen molar-refractivity contribution >= 4 is 33.2 Å². The van der Waals surface area contributed by atoms with Crippen LogP contribution in [0.3, 0.4) is 0 Å². The number of pyridine rings is 2. The van der Waals surface area contributed by atoms with Gasteiger partial charge in [-0.25, -0.2) is 9.97 Å². The Balaban J connectivity index is -0.000000766. The minimum absolute atomic E-state index is 0.0707. The summed E-state index contributed by atoms with van der Waals surface area (Å²) in [6.07, 6.45) is 8.19. The van der Waals surface area contributed by atoms with Gasteiger partial charge in [-0.15, -0.1) is 0 Å². The maximum atomic E-state index is 4.64. The normalized spacial score (nSPS) is 12.0. The van der Waals surface area contributed by atoms with E-state index in [1.165, 1.54) is 22.0 Å². The molecule has 0 N–H and O–H groups in total. The van der Waals surface area contributed by atoms with Crippen LogP contribution < -0.4 is 0 Å². The van der Waals surface area contributed by atoms with Crippen LogP contribution in [0.5, 0.6) is 0 Å². The van der Waals surface area contributed by atoms with Crippen LogP contribution in [0.2, 0.25) is 0 Å². The monoisotopic (exact) mass is 1000 g/mol. The van der Waals surface area contributed by atoms with Gasteiger partial charge in [-0.2, -0.15) is 0 Å². The molecule has 1 aliphatic rings. The molecule has 6 aromatic rings. The van der Waals surface area contributed by atoms with Crippen molar-refractivity contribution in [2.45, 2.75) is 220 Å². The number of para-hydroxylation sites is 3. The molecule has 0 aliphatic carbocycles. The summed E-state index contributed by atoms with van der Waals surface area (Å²) in [5, 5.41) is 2.40. The Morgan fingerprint density at radius 1 is 0.288 bits per heavy atom. The van der Waals surface area contributed by atoms with E-state index in [9.17, 15) is 0 Å². The van der Waals surface area contributed by atoms with Gasteiger partial charge < -0.3 is 0 Å². The van der Waals surface area contributed by atoms with E-state index in [-0.39, 0.29) is 10.8 Å². The minimum atomic E-state index is 0.0707. The van der Waals surface area contributed by atoms with Crippen LogP contribution in [0.1, 0.15) is 219 Å². The molecule has 0 fully saturated rings. The summed E-state index contributed by atoms with van der Waals surface area (Å²) in [7, 11) is 0. The molecule has 0 amide bonds. The number of aliphatic imine (C=N–C) groups is 1. The Kier molecular flexibility index (Phi) is 33.0. The van der Waals surface area contributed by atoms with Crippen LogP contribution in [0, 0.1) is 37.9 Å². The van der Waals surface area contributed by atoms with Crippen LogP contribution in [0.25, 0.3) is 21.8 Å². The van der Waals surface area contributed by atoms with Gasteiger partial charge in [0.1, 0.15) is 5.82 Å². The Labute approximate surface area is 452 Å². The second kappa shape index (κ2) is 33.2. The van der Waals surface area contributed by atoms with E-state index in [4.69, 9.17) is 0 Å². The van der Waals surface area contributed by atoms with E-state index in [0.717, 1.165) is 29.0 Å². The Morgan fingerprint density at radius 3 is 0.836 bits per heavy atom. The highest BCUT2D eigenvalue weighted by Crippen LogP contribution is 2.32. The number of hydrogen-bond donors (Lipinski definition) is 0. The molecule has 0 spiro atoms. The average molecular weight is 1000 g/mol. The Bertz CT molecular complexity index is 2000. The van der Waals surface area contributed by atoms with Crippen LogP contribution in [-0.4, -0.2) is 25.6 Å². The van der Waals surface area contributed by atoms with Gasteiger partial charge in [-0.05, 0) is 74.5 Å². The molecule has 3 aromatic carbocycles. The molecule has 0 saturated heterocycles. The van der Waals surface area contributed by atoms with Crippen molar-refractivity contribution in [3.8, 4) is 0 Å². The maximum Gasteiger partial charge on any atom is 0.133 e. The molecular weight excluding hydrogens is 887 g/mol. The summed E-state index contributed by atoms with van der Waals surface area (Å²) in [4.78, 5) is 21.3. The number of nitrogens with zero attached hydrogens (tertiary/aromatic N) is 5. The predicted molar refractivity (Wildman–Crippen MR) is 332 cm³/mol. The molecule has 73 heavy (non-hydrogen) atoms. The lowest BCUT2D eigenvalue weighted by molar-refractivity contribution is 0.469. The van der Waals surface area contributed by atoms with E-state index in [1.807, 2.05) is 73.1 Å². The summed E-state index contributed by atoms with van der Waals surface area (Å²) < 4.78 is 0. The lowest BCUT2D eigenvalue weighted by Crippen LogP contribution is -2.19. The van der Waals surface area contributed by atoms with Crippen LogP contribution in [0.4, 0.5) is 5.69 Å². The zero-order valence-electron chi connectivity index (χ0n) is 53.1. The first-order valence-electron chi connectivity index (χ1n) is 26.6. The Hall–Kier alpha value is -4.77. The van der Waals surface area contributed by atoms with Gasteiger partial charge >= 0.3 is 0 Å². The highest BCUT2D eigenvalue weighted by atomic mass is 14.9. The third kappa shape index (κ3) is 58.0. The first-order chi connectivity index (χ1) is 32.6. The lowest BCUT2D eigenvalue weighted by atomic mass is 9.87. The molecule has 0 atom stereocenters. The molecule has 5 heteroatoms. The molecular formula is C68H113N5. The summed E-state index contributed by atoms with van der Waals surface area (Å²) in [5.41, 5.74) is 9.23. The molecule has 3 aromatic heterocycles. The number of hydrogen-bond acceptors (Lipinski definition) is 5. The molecule has 410 valence electrons. The fraction of sp³-hybridized carbons (Fsp3) is 0.574. The zero-order valence-corrected chi connectivity index (χ0v) is 53.1. The second-order valence-corrected chi connectivity index (χ2v) is 30.3. The molecule has 0 unspecified atom stereocenters. The third-order valence-electron chi connectivity index (χ3n) is 6.73. The molecule has 1 aliphatic heterocycles. The standard InChI is InChI=1S/C12H15N.2C9H7N.C8H12N2.6C5H12/c1-12(2,3)11-8-9-6-4-5-7-10(9)13-11;2*1-2-6-9-8(4-1)5-3-7-10-9;1-8(2,3)7-9-5-4-6-10-7;6*1-5(2,3)4/h4-7H,8H2,1-3H3;2*1-7H;4-6H,1-3H3;6*1-4H3. The second-order valence-electron chi connectivity index (χ2n) is 30.3. The highest BCUT2D eigenvalue weighted by molar-refractivity contribution is 5.97. The van der Waals surface area contributed by atoms with Crippen molar-refractivity contribution < 1.29 is 0 Å². The summed E-state index contributed by atoms with van der Waals surface area (Å²) in [6, 6.07) is 34.4. The van der Waals surface area contributed by atoms with Crippen LogP contribution in [0.15, 0.2) is 133 Å². The van der Waals surface area contributed by atoms with E-state index in [1.54, 1.807) is 12.4 Å². The van der Waals surface area contributed by atoms with E-state index in [0.29, 0.717) is 32.5 Å². The quantitative estimate of drug-likeness (QED) is 0.152. The topological polar surface area (TPSA) is 63.9 Å². The molecule has 4 heterocycles. The van der Waals surface area contributed by atoms with Gasteiger partial charge in [0.25, 0.3) is 0 Å². The lowest BCUT2D eigenvalue weighted by Gasteiger charge is -2.17. The van der Waals surface area contributed by atoms with Gasteiger partial charge in [-0.1, -0.05) is 274 Å². The van der Waals surface area contributed by atoms with Crippen molar-refractivity contribution in [3.05, 3.63) is 139 Å².